The number of aromatic nitrogens is 3. The molecule has 2 amide bonds. The second-order valence-corrected chi connectivity index (χ2v) is 8.81. The summed E-state index contributed by atoms with van der Waals surface area (Å²) < 4.78 is 7.08. The minimum absolute atomic E-state index is 0.130. The summed E-state index contributed by atoms with van der Waals surface area (Å²) in [5.74, 6) is 0.443. The molecule has 3 heterocycles. The Bertz CT molecular complexity index is 1310. The Labute approximate surface area is 198 Å². The lowest BCUT2D eigenvalue weighted by atomic mass is 10.0. The highest BCUT2D eigenvalue weighted by atomic mass is 16.3. The fraction of sp³-hybridized carbons (Fsp3) is 0.308. The van der Waals surface area contributed by atoms with E-state index in [1.165, 1.54) is 0 Å². The Balaban J connectivity index is 1.49. The highest BCUT2D eigenvalue weighted by Crippen LogP contribution is 2.24. The monoisotopic (exact) mass is 459 g/mol. The largest absolute Gasteiger partial charge is 0.467 e. The van der Waals surface area contributed by atoms with Crippen LogP contribution in [0.2, 0.25) is 0 Å². The van der Waals surface area contributed by atoms with Crippen molar-refractivity contribution >= 4 is 22.8 Å². The third kappa shape index (κ3) is 5.01. The van der Waals surface area contributed by atoms with Crippen molar-refractivity contribution in [3.63, 3.8) is 0 Å². The van der Waals surface area contributed by atoms with E-state index < -0.39 is 0 Å². The first-order chi connectivity index (χ1) is 16.3. The highest BCUT2D eigenvalue weighted by molar-refractivity contribution is 6.05. The Kier molecular flexibility index (Phi) is 6.77. The van der Waals surface area contributed by atoms with E-state index in [9.17, 15) is 9.59 Å². The molecule has 0 unspecified atom stereocenters. The van der Waals surface area contributed by atoms with Gasteiger partial charge in [-0.1, -0.05) is 26.0 Å². The third-order valence-corrected chi connectivity index (χ3v) is 5.56. The maximum absolute atomic E-state index is 13.2. The van der Waals surface area contributed by atoms with Crippen LogP contribution in [-0.4, -0.2) is 26.6 Å². The van der Waals surface area contributed by atoms with E-state index in [2.05, 4.69) is 15.7 Å². The standard InChI is InChI=1S/C26H29N5O3/c1-16(2)23-12-21(22-15-29-31(17(3)4)24(22)30-23)26(33)27-13-18-7-5-8-19(11-18)25(32)28-14-20-9-6-10-34-20/h5-12,15-17H,13-14H2,1-4H3,(H,27,33)(H,28,32). The van der Waals surface area contributed by atoms with Gasteiger partial charge >= 0.3 is 0 Å². The zero-order valence-electron chi connectivity index (χ0n) is 19.8. The number of carbonyl (C=O) groups is 2. The second kappa shape index (κ2) is 9.91. The molecule has 0 spiro atoms. The molecule has 0 bridgehead atoms. The molecule has 2 N–H and O–H groups in total. The van der Waals surface area contributed by atoms with Crippen LogP contribution in [0.3, 0.4) is 0 Å². The summed E-state index contributed by atoms with van der Waals surface area (Å²) in [4.78, 5) is 30.4. The Morgan fingerprint density at radius 1 is 1.00 bits per heavy atom. The van der Waals surface area contributed by atoms with Gasteiger partial charge in [-0.2, -0.15) is 5.10 Å². The Morgan fingerprint density at radius 2 is 1.79 bits per heavy atom. The maximum atomic E-state index is 13.2. The summed E-state index contributed by atoms with van der Waals surface area (Å²) in [5.41, 5.74) is 3.45. The quantitative estimate of drug-likeness (QED) is 0.401. The summed E-state index contributed by atoms with van der Waals surface area (Å²) in [7, 11) is 0. The van der Waals surface area contributed by atoms with E-state index in [0.717, 1.165) is 16.6 Å². The molecular formula is C26H29N5O3. The van der Waals surface area contributed by atoms with Gasteiger partial charge in [-0.3, -0.25) is 9.59 Å². The van der Waals surface area contributed by atoms with E-state index in [4.69, 9.17) is 9.40 Å². The van der Waals surface area contributed by atoms with E-state index in [1.807, 2.05) is 44.5 Å². The molecule has 0 aliphatic rings. The molecule has 34 heavy (non-hydrogen) atoms. The van der Waals surface area contributed by atoms with Crippen molar-refractivity contribution in [2.75, 3.05) is 0 Å². The van der Waals surface area contributed by atoms with Gasteiger partial charge in [0.1, 0.15) is 5.76 Å². The van der Waals surface area contributed by atoms with Crippen molar-refractivity contribution in [1.82, 2.24) is 25.4 Å². The molecule has 8 nitrogen and oxygen atoms in total. The number of carbonyl (C=O) groups excluding carboxylic acids is 2. The molecule has 0 atom stereocenters. The van der Waals surface area contributed by atoms with Crippen molar-refractivity contribution in [2.45, 2.75) is 52.7 Å². The minimum atomic E-state index is -0.205. The second-order valence-electron chi connectivity index (χ2n) is 8.81. The minimum Gasteiger partial charge on any atom is -0.467 e. The molecule has 3 aromatic heterocycles. The average molecular weight is 460 g/mol. The summed E-state index contributed by atoms with van der Waals surface area (Å²) in [6.07, 6.45) is 3.27. The lowest BCUT2D eigenvalue weighted by Crippen LogP contribution is -2.25. The summed E-state index contributed by atoms with van der Waals surface area (Å²) in [5, 5.41) is 11.0. The van der Waals surface area contributed by atoms with Crippen LogP contribution < -0.4 is 10.6 Å². The third-order valence-electron chi connectivity index (χ3n) is 5.56. The van der Waals surface area contributed by atoms with Crippen molar-refractivity contribution in [1.29, 1.82) is 0 Å². The first-order valence-electron chi connectivity index (χ1n) is 11.4. The molecule has 0 fully saturated rings. The fourth-order valence-corrected chi connectivity index (χ4v) is 3.68. The van der Waals surface area contributed by atoms with Crippen LogP contribution in [0.5, 0.6) is 0 Å². The van der Waals surface area contributed by atoms with E-state index in [-0.39, 0.29) is 30.3 Å². The summed E-state index contributed by atoms with van der Waals surface area (Å²) >= 11 is 0. The number of furan rings is 1. The van der Waals surface area contributed by atoms with Crippen LogP contribution in [0.4, 0.5) is 0 Å². The lowest BCUT2D eigenvalue weighted by Gasteiger charge is -2.13. The number of hydrogen-bond acceptors (Lipinski definition) is 5. The first-order valence-corrected chi connectivity index (χ1v) is 11.4. The van der Waals surface area contributed by atoms with Gasteiger partial charge in [-0.25, -0.2) is 9.67 Å². The van der Waals surface area contributed by atoms with E-state index in [0.29, 0.717) is 29.1 Å². The van der Waals surface area contributed by atoms with E-state index in [1.54, 1.807) is 42.8 Å². The molecular weight excluding hydrogens is 430 g/mol. The number of rotatable bonds is 8. The average Bonchev–Trinajstić information content (AvgIpc) is 3.50. The van der Waals surface area contributed by atoms with E-state index >= 15 is 0 Å². The van der Waals surface area contributed by atoms with Crippen LogP contribution in [0, 0.1) is 0 Å². The molecule has 1 aromatic carbocycles. The highest BCUT2D eigenvalue weighted by Gasteiger charge is 2.19. The van der Waals surface area contributed by atoms with Gasteiger partial charge in [-0.05, 0) is 55.7 Å². The molecule has 0 radical (unpaired) electrons. The van der Waals surface area contributed by atoms with Crippen molar-refractivity contribution in [3.05, 3.63) is 83.1 Å². The Morgan fingerprint density at radius 3 is 2.50 bits per heavy atom. The maximum Gasteiger partial charge on any atom is 0.252 e. The number of nitrogens with one attached hydrogen (secondary N) is 2. The summed E-state index contributed by atoms with van der Waals surface area (Å²) in [6, 6.07) is 12.7. The zero-order valence-corrected chi connectivity index (χ0v) is 19.8. The predicted molar refractivity (Wildman–Crippen MR) is 129 cm³/mol. The normalized spacial score (nSPS) is 11.4. The first kappa shape index (κ1) is 23.2. The number of hydrogen-bond donors (Lipinski definition) is 2. The number of benzene rings is 1. The molecule has 4 rings (SSSR count). The fourth-order valence-electron chi connectivity index (χ4n) is 3.68. The van der Waals surface area contributed by atoms with Crippen molar-refractivity contribution in [3.8, 4) is 0 Å². The molecule has 0 aliphatic heterocycles. The van der Waals surface area contributed by atoms with Gasteiger partial charge in [0.2, 0.25) is 0 Å². The van der Waals surface area contributed by atoms with Crippen LogP contribution in [0.25, 0.3) is 11.0 Å². The SMILES string of the molecule is CC(C)c1cc(C(=O)NCc2cccc(C(=O)NCc3ccco3)c2)c2cnn(C(C)C)c2n1. The molecule has 176 valence electrons. The van der Waals surface area contributed by atoms with Gasteiger partial charge in [-0.15, -0.1) is 0 Å². The van der Waals surface area contributed by atoms with Crippen molar-refractivity contribution in [2.24, 2.45) is 0 Å². The zero-order chi connectivity index (χ0) is 24.2. The number of nitrogens with zero attached hydrogens (tertiary/aromatic N) is 3. The summed E-state index contributed by atoms with van der Waals surface area (Å²) in [6.45, 7) is 8.77. The topological polar surface area (TPSA) is 102 Å². The van der Waals surface area contributed by atoms with Crippen LogP contribution >= 0.6 is 0 Å². The smallest absolute Gasteiger partial charge is 0.252 e. The van der Waals surface area contributed by atoms with Gasteiger partial charge in [0, 0.05) is 23.8 Å². The molecule has 0 aliphatic carbocycles. The van der Waals surface area contributed by atoms with Crippen LogP contribution in [0.1, 0.15) is 77.4 Å². The van der Waals surface area contributed by atoms with Gasteiger partial charge < -0.3 is 15.1 Å². The lowest BCUT2D eigenvalue weighted by molar-refractivity contribution is 0.0944. The number of pyridine rings is 1. The molecule has 4 aromatic rings. The Hall–Kier alpha value is -3.94. The van der Waals surface area contributed by atoms with Gasteiger partial charge in [0.15, 0.2) is 5.65 Å². The van der Waals surface area contributed by atoms with Crippen LogP contribution in [-0.2, 0) is 13.1 Å². The number of amides is 2. The van der Waals surface area contributed by atoms with Crippen molar-refractivity contribution < 1.29 is 14.0 Å². The number of fused-ring (bicyclic) bond motifs is 1. The molecule has 8 heteroatoms. The van der Waals surface area contributed by atoms with Crippen LogP contribution in [0.15, 0.2) is 59.3 Å². The molecule has 0 saturated carbocycles. The van der Waals surface area contributed by atoms with Gasteiger partial charge in [0.25, 0.3) is 11.8 Å². The predicted octanol–water partition coefficient (Wildman–Crippen LogP) is 4.59. The van der Waals surface area contributed by atoms with Gasteiger partial charge in [0.05, 0.1) is 30.0 Å². The molecule has 0 saturated heterocycles.